The van der Waals surface area contributed by atoms with Crippen molar-refractivity contribution in [3.63, 3.8) is 0 Å². The molecule has 1 aromatic rings. The normalized spacial score (nSPS) is 21.1. The first-order valence-electron chi connectivity index (χ1n) is 8.07. The van der Waals surface area contributed by atoms with Crippen molar-refractivity contribution in [1.82, 2.24) is 5.32 Å². The average Bonchev–Trinajstić information content (AvgIpc) is 2.49. The van der Waals surface area contributed by atoms with Crippen LogP contribution in [0.3, 0.4) is 0 Å². The zero-order valence-electron chi connectivity index (χ0n) is 12.2. The van der Waals surface area contributed by atoms with E-state index in [9.17, 15) is 0 Å². The van der Waals surface area contributed by atoms with Gasteiger partial charge in [-0.3, -0.25) is 0 Å². The van der Waals surface area contributed by atoms with Gasteiger partial charge >= 0.3 is 0 Å². The van der Waals surface area contributed by atoms with Gasteiger partial charge in [-0.15, -0.1) is 0 Å². The molecule has 2 heterocycles. The molecular formula is C17H25BrN2. The van der Waals surface area contributed by atoms with Gasteiger partial charge in [0.05, 0.1) is 5.69 Å². The summed E-state index contributed by atoms with van der Waals surface area (Å²) >= 11 is 3.79. The lowest BCUT2D eigenvalue weighted by Gasteiger charge is -2.30. The van der Waals surface area contributed by atoms with Crippen LogP contribution < -0.4 is 10.2 Å². The van der Waals surface area contributed by atoms with E-state index in [4.69, 9.17) is 0 Å². The van der Waals surface area contributed by atoms with E-state index in [-0.39, 0.29) is 0 Å². The number of hydrogen-bond acceptors (Lipinski definition) is 2. The minimum Gasteiger partial charge on any atom is -0.371 e. The lowest BCUT2D eigenvalue weighted by Crippen LogP contribution is -2.30. The standard InChI is InChI=1S/C17H25BrN2/c18-16-13-15(12-14-6-8-19-9-7-14)4-5-17(16)20-10-2-1-3-11-20/h4-5,13-14,19H,1-3,6-12H2. The molecule has 1 aromatic carbocycles. The van der Waals surface area contributed by atoms with Crippen LogP contribution in [0.15, 0.2) is 22.7 Å². The summed E-state index contributed by atoms with van der Waals surface area (Å²) in [5.41, 5.74) is 2.88. The van der Waals surface area contributed by atoms with Crippen LogP contribution in [0, 0.1) is 5.92 Å². The molecule has 2 fully saturated rings. The Balaban J connectivity index is 1.66. The Labute approximate surface area is 131 Å². The molecule has 2 aliphatic heterocycles. The predicted molar refractivity (Wildman–Crippen MR) is 89.5 cm³/mol. The topological polar surface area (TPSA) is 15.3 Å². The Hall–Kier alpha value is -0.540. The monoisotopic (exact) mass is 336 g/mol. The Bertz CT molecular complexity index is 435. The molecule has 0 amide bonds. The highest BCUT2D eigenvalue weighted by molar-refractivity contribution is 9.10. The second-order valence-corrected chi connectivity index (χ2v) is 7.09. The van der Waals surface area contributed by atoms with Crippen LogP contribution >= 0.6 is 15.9 Å². The first-order valence-corrected chi connectivity index (χ1v) is 8.86. The van der Waals surface area contributed by atoms with E-state index in [1.54, 1.807) is 0 Å². The zero-order chi connectivity index (χ0) is 13.8. The molecule has 3 heteroatoms. The first-order chi connectivity index (χ1) is 9.83. The van der Waals surface area contributed by atoms with Gasteiger partial charge in [-0.1, -0.05) is 6.07 Å². The van der Waals surface area contributed by atoms with E-state index < -0.39 is 0 Å². The van der Waals surface area contributed by atoms with Gasteiger partial charge in [0.1, 0.15) is 0 Å². The smallest absolute Gasteiger partial charge is 0.0510 e. The van der Waals surface area contributed by atoms with Gasteiger partial charge in [0.15, 0.2) is 0 Å². The van der Waals surface area contributed by atoms with Crippen LogP contribution in [-0.2, 0) is 6.42 Å². The summed E-state index contributed by atoms with van der Waals surface area (Å²) in [6.07, 6.45) is 7.95. The number of nitrogens with one attached hydrogen (secondary N) is 1. The molecule has 0 atom stereocenters. The molecule has 110 valence electrons. The first kappa shape index (κ1) is 14.4. The maximum atomic E-state index is 3.79. The fourth-order valence-electron chi connectivity index (χ4n) is 3.49. The van der Waals surface area contributed by atoms with Crippen LogP contribution in [0.5, 0.6) is 0 Å². The number of piperidine rings is 2. The lowest BCUT2D eigenvalue weighted by atomic mass is 9.91. The Kier molecular flexibility index (Phi) is 5.00. The van der Waals surface area contributed by atoms with Crippen molar-refractivity contribution in [3.05, 3.63) is 28.2 Å². The van der Waals surface area contributed by atoms with Crippen molar-refractivity contribution in [3.8, 4) is 0 Å². The summed E-state index contributed by atoms with van der Waals surface area (Å²) in [7, 11) is 0. The molecule has 2 saturated heterocycles. The molecule has 3 rings (SSSR count). The zero-order valence-corrected chi connectivity index (χ0v) is 13.8. The molecule has 0 saturated carbocycles. The van der Waals surface area contributed by atoms with Crippen LogP contribution in [0.1, 0.15) is 37.7 Å². The second-order valence-electron chi connectivity index (χ2n) is 6.23. The lowest BCUT2D eigenvalue weighted by molar-refractivity contribution is 0.372. The Morgan fingerprint density at radius 2 is 1.85 bits per heavy atom. The van der Waals surface area contributed by atoms with E-state index in [1.807, 2.05) is 0 Å². The third kappa shape index (κ3) is 3.56. The highest BCUT2D eigenvalue weighted by Crippen LogP contribution is 2.31. The third-order valence-electron chi connectivity index (χ3n) is 4.69. The van der Waals surface area contributed by atoms with E-state index in [0.29, 0.717) is 0 Å². The summed E-state index contributed by atoms with van der Waals surface area (Å²) in [5.74, 6) is 0.865. The fraction of sp³-hybridized carbons (Fsp3) is 0.647. The molecule has 0 aromatic heterocycles. The minimum absolute atomic E-state index is 0.865. The molecule has 0 spiro atoms. The number of benzene rings is 1. The van der Waals surface area contributed by atoms with Crippen molar-refractivity contribution < 1.29 is 0 Å². The number of rotatable bonds is 3. The largest absolute Gasteiger partial charge is 0.371 e. The summed E-state index contributed by atoms with van der Waals surface area (Å²) in [4.78, 5) is 2.53. The van der Waals surface area contributed by atoms with Crippen molar-refractivity contribution >= 4 is 21.6 Å². The van der Waals surface area contributed by atoms with Crippen molar-refractivity contribution in [2.75, 3.05) is 31.1 Å². The number of halogens is 1. The number of anilines is 1. The fourth-order valence-corrected chi connectivity index (χ4v) is 4.16. The van der Waals surface area contributed by atoms with E-state index >= 15 is 0 Å². The quantitative estimate of drug-likeness (QED) is 0.897. The maximum Gasteiger partial charge on any atom is 0.0510 e. The SMILES string of the molecule is Brc1cc(CC2CCNCC2)ccc1N1CCCCC1. The highest BCUT2D eigenvalue weighted by Gasteiger charge is 2.16. The van der Waals surface area contributed by atoms with Gasteiger partial charge in [0.2, 0.25) is 0 Å². The molecule has 0 bridgehead atoms. The minimum atomic E-state index is 0.865. The molecule has 0 radical (unpaired) electrons. The third-order valence-corrected chi connectivity index (χ3v) is 5.33. The number of hydrogen-bond donors (Lipinski definition) is 1. The van der Waals surface area contributed by atoms with Gasteiger partial charge in [0.25, 0.3) is 0 Å². The predicted octanol–water partition coefficient (Wildman–Crippen LogP) is 3.98. The van der Waals surface area contributed by atoms with Crippen molar-refractivity contribution in [2.24, 2.45) is 5.92 Å². The summed E-state index contributed by atoms with van der Waals surface area (Å²) < 4.78 is 1.28. The molecule has 2 nitrogen and oxygen atoms in total. The molecule has 0 unspecified atom stereocenters. The summed E-state index contributed by atoms with van der Waals surface area (Å²) in [6.45, 7) is 4.81. The van der Waals surface area contributed by atoms with Crippen LogP contribution in [0.25, 0.3) is 0 Å². The van der Waals surface area contributed by atoms with E-state index in [0.717, 1.165) is 5.92 Å². The summed E-state index contributed by atoms with van der Waals surface area (Å²) in [6, 6.07) is 7.02. The van der Waals surface area contributed by atoms with Crippen molar-refractivity contribution in [1.29, 1.82) is 0 Å². The Morgan fingerprint density at radius 1 is 1.10 bits per heavy atom. The molecule has 0 aliphatic carbocycles. The Morgan fingerprint density at radius 3 is 2.55 bits per heavy atom. The number of nitrogens with zero attached hydrogens (tertiary/aromatic N) is 1. The van der Waals surface area contributed by atoms with E-state index in [1.165, 1.54) is 80.4 Å². The second kappa shape index (κ2) is 6.95. The maximum absolute atomic E-state index is 3.79. The van der Waals surface area contributed by atoms with Gasteiger partial charge in [0, 0.05) is 17.6 Å². The van der Waals surface area contributed by atoms with Crippen molar-refractivity contribution in [2.45, 2.75) is 38.5 Å². The average molecular weight is 337 g/mol. The molecule has 2 aliphatic rings. The van der Waals surface area contributed by atoms with Crippen LogP contribution in [0.4, 0.5) is 5.69 Å². The van der Waals surface area contributed by atoms with Gasteiger partial charge in [-0.25, -0.2) is 0 Å². The van der Waals surface area contributed by atoms with Crippen LogP contribution in [-0.4, -0.2) is 26.2 Å². The highest BCUT2D eigenvalue weighted by atomic mass is 79.9. The van der Waals surface area contributed by atoms with Crippen LogP contribution in [0.2, 0.25) is 0 Å². The molecule has 20 heavy (non-hydrogen) atoms. The van der Waals surface area contributed by atoms with Gasteiger partial charge < -0.3 is 10.2 Å². The summed E-state index contributed by atoms with van der Waals surface area (Å²) in [5, 5.41) is 3.45. The van der Waals surface area contributed by atoms with Gasteiger partial charge in [-0.2, -0.15) is 0 Å². The molecule has 1 N–H and O–H groups in total. The van der Waals surface area contributed by atoms with E-state index in [2.05, 4.69) is 44.3 Å². The van der Waals surface area contributed by atoms with Gasteiger partial charge in [-0.05, 0) is 91.2 Å². The molecular weight excluding hydrogens is 312 g/mol.